The van der Waals surface area contributed by atoms with Gasteiger partial charge in [0, 0.05) is 18.7 Å². The lowest BCUT2D eigenvalue weighted by Gasteiger charge is -2.28. The summed E-state index contributed by atoms with van der Waals surface area (Å²) in [7, 11) is 0. The topological polar surface area (TPSA) is 58.6 Å². The highest BCUT2D eigenvalue weighted by Crippen LogP contribution is 2.17. The fourth-order valence-electron chi connectivity index (χ4n) is 2.66. The molecule has 5 nitrogen and oxygen atoms in total. The van der Waals surface area contributed by atoms with E-state index in [9.17, 15) is 14.0 Å². The Labute approximate surface area is 159 Å². The Morgan fingerprint density at radius 1 is 1.15 bits per heavy atom. The van der Waals surface area contributed by atoms with Crippen LogP contribution in [0.2, 0.25) is 0 Å². The molecule has 0 saturated heterocycles. The summed E-state index contributed by atoms with van der Waals surface area (Å²) in [5.74, 6) is -0.501. The van der Waals surface area contributed by atoms with Gasteiger partial charge >= 0.3 is 0 Å². The number of carbonyl (C=O) groups is 2. The van der Waals surface area contributed by atoms with E-state index in [-0.39, 0.29) is 25.0 Å². The van der Waals surface area contributed by atoms with Gasteiger partial charge in [-0.25, -0.2) is 4.39 Å². The van der Waals surface area contributed by atoms with Crippen molar-refractivity contribution in [2.24, 2.45) is 0 Å². The van der Waals surface area contributed by atoms with Crippen molar-refractivity contribution < 1.29 is 18.7 Å². The van der Waals surface area contributed by atoms with Crippen molar-refractivity contribution in [1.82, 2.24) is 10.2 Å². The molecule has 6 heteroatoms. The van der Waals surface area contributed by atoms with Gasteiger partial charge < -0.3 is 15.0 Å². The number of para-hydroxylation sites is 1. The summed E-state index contributed by atoms with van der Waals surface area (Å²) in [5, 5.41) is 2.70. The average molecular weight is 372 g/mol. The summed E-state index contributed by atoms with van der Waals surface area (Å²) in [6, 6.07) is 12.8. The first-order valence-electron chi connectivity index (χ1n) is 8.93. The number of hydrogen-bond acceptors (Lipinski definition) is 3. The SMILES string of the molecule is CCNC(=O)[C@H](C)N(Cc1ccccc1F)C(=O)COc1ccccc1C. The van der Waals surface area contributed by atoms with Gasteiger partial charge in [0.15, 0.2) is 6.61 Å². The molecule has 0 fully saturated rings. The number of hydrogen-bond donors (Lipinski definition) is 1. The van der Waals surface area contributed by atoms with Crippen molar-refractivity contribution in [3.8, 4) is 5.75 Å². The number of amides is 2. The van der Waals surface area contributed by atoms with Gasteiger partial charge in [0.25, 0.3) is 5.91 Å². The first kappa shape index (κ1) is 20.4. The minimum atomic E-state index is -0.752. The highest BCUT2D eigenvalue weighted by atomic mass is 19.1. The lowest BCUT2D eigenvalue weighted by atomic mass is 10.1. The summed E-state index contributed by atoms with van der Waals surface area (Å²) in [6.07, 6.45) is 0. The Kier molecular flexibility index (Phi) is 7.34. The number of benzene rings is 2. The molecular weight excluding hydrogens is 347 g/mol. The molecule has 1 atom stereocenters. The van der Waals surface area contributed by atoms with Gasteiger partial charge in [-0.05, 0) is 38.5 Å². The Morgan fingerprint density at radius 3 is 2.48 bits per heavy atom. The number of likely N-dealkylation sites (N-methyl/N-ethyl adjacent to an activating group) is 1. The van der Waals surface area contributed by atoms with Gasteiger partial charge in [-0.15, -0.1) is 0 Å². The first-order chi connectivity index (χ1) is 12.9. The maximum absolute atomic E-state index is 14.1. The van der Waals surface area contributed by atoms with Crippen molar-refractivity contribution in [2.75, 3.05) is 13.2 Å². The molecular formula is C21H25FN2O3. The van der Waals surface area contributed by atoms with Gasteiger partial charge in [0.1, 0.15) is 17.6 Å². The minimum absolute atomic E-state index is 0.0130. The van der Waals surface area contributed by atoms with E-state index >= 15 is 0 Å². The van der Waals surface area contributed by atoms with Crippen LogP contribution in [0.4, 0.5) is 4.39 Å². The van der Waals surface area contributed by atoms with E-state index < -0.39 is 11.9 Å². The van der Waals surface area contributed by atoms with Crippen LogP contribution in [0.25, 0.3) is 0 Å². The number of nitrogens with zero attached hydrogens (tertiary/aromatic N) is 1. The molecule has 2 aromatic rings. The lowest BCUT2D eigenvalue weighted by molar-refractivity contribution is -0.142. The lowest BCUT2D eigenvalue weighted by Crippen LogP contribution is -2.49. The average Bonchev–Trinajstić information content (AvgIpc) is 2.66. The third-order valence-electron chi connectivity index (χ3n) is 4.26. The van der Waals surface area contributed by atoms with Crippen LogP contribution in [0.3, 0.4) is 0 Å². The predicted molar refractivity (Wildman–Crippen MR) is 102 cm³/mol. The number of carbonyl (C=O) groups excluding carboxylic acids is 2. The highest BCUT2D eigenvalue weighted by molar-refractivity contribution is 5.87. The molecule has 0 spiro atoms. The zero-order valence-electron chi connectivity index (χ0n) is 15.9. The Morgan fingerprint density at radius 2 is 1.81 bits per heavy atom. The molecule has 2 amide bonds. The molecule has 1 N–H and O–H groups in total. The van der Waals surface area contributed by atoms with Crippen LogP contribution < -0.4 is 10.1 Å². The Hall–Kier alpha value is -2.89. The molecule has 0 aliphatic rings. The second-order valence-electron chi connectivity index (χ2n) is 6.24. The molecule has 2 rings (SSSR count). The highest BCUT2D eigenvalue weighted by Gasteiger charge is 2.27. The third kappa shape index (κ3) is 5.54. The molecule has 0 aromatic heterocycles. The van der Waals surface area contributed by atoms with Gasteiger partial charge in [-0.3, -0.25) is 9.59 Å². The second kappa shape index (κ2) is 9.71. The summed E-state index contributed by atoms with van der Waals surface area (Å²) >= 11 is 0. The van der Waals surface area contributed by atoms with Gasteiger partial charge in [0.05, 0.1) is 0 Å². The fourth-order valence-corrected chi connectivity index (χ4v) is 2.66. The van der Waals surface area contributed by atoms with Crippen molar-refractivity contribution in [3.05, 3.63) is 65.5 Å². The summed E-state index contributed by atoms with van der Waals surface area (Å²) in [5.41, 5.74) is 1.25. The van der Waals surface area contributed by atoms with Crippen molar-refractivity contribution in [1.29, 1.82) is 0 Å². The number of ether oxygens (including phenoxy) is 1. The normalized spacial score (nSPS) is 11.6. The van der Waals surface area contributed by atoms with Gasteiger partial charge in [-0.2, -0.15) is 0 Å². The van der Waals surface area contributed by atoms with Crippen LogP contribution in [0, 0.1) is 12.7 Å². The second-order valence-corrected chi connectivity index (χ2v) is 6.24. The molecule has 0 aliphatic carbocycles. The van der Waals surface area contributed by atoms with Crippen LogP contribution >= 0.6 is 0 Å². The third-order valence-corrected chi connectivity index (χ3v) is 4.26. The summed E-state index contributed by atoms with van der Waals surface area (Å²) < 4.78 is 19.7. The molecule has 0 saturated carbocycles. The van der Waals surface area contributed by atoms with Gasteiger partial charge in [0.2, 0.25) is 5.91 Å². The fraction of sp³-hybridized carbons (Fsp3) is 0.333. The van der Waals surface area contributed by atoms with E-state index in [1.165, 1.54) is 11.0 Å². The molecule has 2 aromatic carbocycles. The maximum Gasteiger partial charge on any atom is 0.261 e. The van der Waals surface area contributed by atoms with E-state index in [1.54, 1.807) is 38.1 Å². The van der Waals surface area contributed by atoms with E-state index in [1.807, 2.05) is 25.1 Å². The number of halogens is 1. The van der Waals surface area contributed by atoms with Crippen molar-refractivity contribution in [3.63, 3.8) is 0 Å². The number of rotatable bonds is 8. The first-order valence-corrected chi connectivity index (χ1v) is 8.93. The van der Waals surface area contributed by atoms with Crippen LogP contribution in [0.5, 0.6) is 5.75 Å². The van der Waals surface area contributed by atoms with E-state index in [0.717, 1.165) is 5.56 Å². The maximum atomic E-state index is 14.1. The Bertz CT molecular complexity index is 795. The molecule has 0 radical (unpaired) electrons. The van der Waals surface area contributed by atoms with Crippen LogP contribution in [-0.4, -0.2) is 35.9 Å². The molecule has 0 bridgehead atoms. The summed E-state index contributed by atoms with van der Waals surface area (Å²) in [6.45, 7) is 5.51. The standard InChI is InChI=1S/C21H25FN2O3/c1-4-23-21(26)16(3)24(13-17-10-6-7-11-18(17)22)20(25)14-27-19-12-8-5-9-15(19)2/h5-12,16H,4,13-14H2,1-3H3,(H,23,26)/t16-/m0/s1. The van der Waals surface area contributed by atoms with Crippen LogP contribution in [0.1, 0.15) is 25.0 Å². The quantitative estimate of drug-likeness (QED) is 0.775. The van der Waals surface area contributed by atoms with Crippen molar-refractivity contribution in [2.45, 2.75) is 33.4 Å². The predicted octanol–water partition coefficient (Wildman–Crippen LogP) is 3.07. The molecule has 0 aliphatic heterocycles. The number of nitrogens with one attached hydrogen (secondary N) is 1. The summed E-state index contributed by atoms with van der Waals surface area (Å²) in [4.78, 5) is 26.4. The van der Waals surface area contributed by atoms with E-state index in [2.05, 4.69) is 5.32 Å². The van der Waals surface area contributed by atoms with Crippen LogP contribution in [-0.2, 0) is 16.1 Å². The van der Waals surface area contributed by atoms with E-state index in [4.69, 9.17) is 4.74 Å². The smallest absolute Gasteiger partial charge is 0.261 e. The monoisotopic (exact) mass is 372 g/mol. The van der Waals surface area contributed by atoms with Crippen LogP contribution in [0.15, 0.2) is 48.5 Å². The zero-order chi connectivity index (χ0) is 19.8. The largest absolute Gasteiger partial charge is 0.484 e. The molecule has 144 valence electrons. The van der Waals surface area contributed by atoms with Gasteiger partial charge in [-0.1, -0.05) is 36.4 Å². The van der Waals surface area contributed by atoms with E-state index in [0.29, 0.717) is 17.9 Å². The molecule has 27 heavy (non-hydrogen) atoms. The number of aryl methyl sites for hydroxylation is 1. The zero-order valence-corrected chi connectivity index (χ0v) is 15.9. The molecule has 0 heterocycles. The molecule has 0 unspecified atom stereocenters. The van der Waals surface area contributed by atoms with Crippen molar-refractivity contribution >= 4 is 11.8 Å². The Balaban J connectivity index is 2.17. The minimum Gasteiger partial charge on any atom is -0.484 e.